The van der Waals surface area contributed by atoms with E-state index in [1.807, 2.05) is 19.1 Å². The molecule has 0 saturated heterocycles. The van der Waals surface area contributed by atoms with Gasteiger partial charge in [-0.05, 0) is 64.3 Å². The maximum absolute atomic E-state index is 12.4. The number of anilines is 1. The monoisotopic (exact) mass is 429 g/mol. The molecule has 7 heteroatoms. The number of nitrogens with zero attached hydrogens (tertiary/aromatic N) is 2. The van der Waals surface area contributed by atoms with E-state index in [1.54, 1.807) is 36.4 Å². The van der Waals surface area contributed by atoms with Crippen molar-refractivity contribution >= 4 is 45.2 Å². The molecule has 0 aliphatic carbocycles. The van der Waals surface area contributed by atoms with E-state index in [-0.39, 0.29) is 12.2 Å². The molecule has 0 bridgehead atoms. The molecule has 0 aromatic heterocycles. The van der Waals surface area contributed by atoms with Gasteiger partial charge in [-0.15, -0.1) is 0 Å². The second-order valence-corrected chi connectivity index (χ2v) is 6.51. The third-order valence-electron chi connectivity index (χ3n) is 3.37. The van der Waals surface area contributed by atoms with Crippen LogP contribution in [0.2, 0.25) is 5.02 Å². The summed E-state index contributed by atoms with van der Waals surface area (Å²) in [6, 6.07) is 14.0. The van der Waals surface area contributed by atoms with Crippen LogP contribution >= 0.6 is 27.5 Å². The van der Waals surface area contributed by atoms with E-state index in [9.17, 15) is 10.1 Å². The predicted molar refractivity (Wildman–Crippen MR) is 104 cm³/mol. The number of ether oxygens (including phenoxy) is 1. The minimum absolute atomic E-state index is 0.0537. The minimum atomic E-state index is -0.529. The van der Waals surface area contributed by atoms with Crippen LogP contribution in [0.4, 0.5) is 5.69 Å². The fraction of sp³-hybridized carbons (Fsp3) is 0.105. The molecule has 0 radical (unpaired) electrons. The zero-order valence-electron chi connectivity index (χ0n) is 13.7. The van der Waals surface area contributed by atoms with Gasteiger partial charge in [-0.25, -0.2) is 0 Å². The molecule has 0 fully saturated rings. The van der Waals surface area contributed by atoms with Gasteiger partial charge in [0.2, 0.25) is 0 Å². The first-order valence-corrected chi connectivity index (χ1v) is 8.60. The Morgan fingerprint density at radius 3 is 2.73 bits per heavy atom. The summed E-state index contributed by atoms with van der Waals surface area (Å²) in [4.78, 5) is 12.4. The van der Waals surface area contributed by atoms with Crippen LogP contribution in [-0.2, 0) is 4.79 Å². The first-order valence-electron chi connectivity index (χ1n) is 7.43. The first-order chi connectivity index (χ1) is 12.4. The third-order valence-corrected chi connectivity index (χ3v) is 4.23. The van der Waals surface area contributed by atoms with Gasteiger partial charge >= 0.3 is 0 Å². The van der Waals surface area contributed by atoms with Crippen molar-refractivity contribution in [3.8, 4) is 17.9 Å². The number of aryl methyl sites for hydroxylation is 1. The molecule has 0 aliphatic heterocycles. The highest BCUT2D eigenvalue weighted by molar-refractivity contribution is 9.10. The van der Waals surface area contributed by atoms with E-state index in [1.165, 1.54) is 6.08 Å². The smallest absolute Gasteiger partial charge is 0.266 e. The van der Waals surface area contributed by atoms with Crippen LogP contribution < -0.4 is 10.1 Å². The largest absolute Gasteiger partial charge is 0.478 e. The Morgan fingerprint density at radius 1 is 1.31 bits per heavy atom. The van der Waals surface area contributed by atoms with E-state index in [4.69, 9.17) is 21.6 Å². The van der Waals surface area contributed by atoms with Gasteiger partial charge in [0.25, 0.3) is 5.91 Å². The van der Waals surface area contributed by atoms with Gasteiger partial charge in [0.05, 0.1) is 4.47 Å². The summed E-state index contributed by atoms with van der Waals surface area (Å²) in [7, 11) is 0. The summed E-state index contributed by atoms with van der Waals surface area (Å²) in [6.45, 7) is 1.76. The predicted octanol–water partition coefficient (Wildman–Crippen LogP) is 4.86. The third kappa shape index (κ3) is 5.10. The molecule has 1 N–H and O–H groups in total. The number of carbonyl (C=O) groups excluding carboxylic acids is 1. The number of amides is 1. The molecule has 26 heavy (non-hydrogen) atoms. The highest BCUT2D eigenvalue weighted by atomic mass is 79.9. The van der Waals surface area contributed by atoms with Gasteiger partial charge in [-0.2, -0.15) is 10.5 Å². The zero-order chi connectivity index (χ0) is 19.1. The van der Waals surface area contributed by atoms with Gasteiger partial charge in [0.1, 0.15) is 23.5 Å². The molecular weight excluding hydrogens is 418 g/mol. The number of nitrogens with one attached hydrogen (secondary N) is 1. The molecule has 0 atom stereocenters. The maximum atomic E-state index is 12.4. The number of rotatable bonds is 5. The van der Waals surface area contributed by atoms with Crippen molar-refractivity contribution in [1.82, 2.24) is 0 Å². The number of nitriles is 2. The molecule has 0 heterocycles. The summed E-state index contributed by atoms with van der Waals surface area (Å²) in [5, 5.41) is 21.1. The Hall–Kier alpha value is -2.80. The maximum Gasteiger partial charge on any atom is 0.266 e. The van der Waals surface area contributed by atoms with Crippen LogP contribution in [0.5, 0.6) is 5.75 Å². The van der Waals surface area contributed by atoms with Crippen molar-refractivity contribution in [2.75, 3.05) is 11.9 Å². The van der Waals surface area contributed by atoms with Crippen LogP contribution in [-0.4, -0.2) is 12.5 Å². The van der Waals surface area contributed by atoms with Gasteiger partial charge in [0.15, 0.2) is 6.61 Å². The summed E-state index contributed by atoms with van der Waals surface area (Å²) in [6.07, 6.45) is 1.47. The molecule has 2 aromatic carbocycles. The van der Waals surface area contributed by atoms with Gasteiger partial charge in [0, 0.05) is 10.7 Å². The molecule has 5 nitrogen and oxygen atoms in total. The van der Waals surface area contributed by atoms with Crippen LogP contribution in [0.1, 0.15) is 11.1 Å². The lowest BCUT2D eigenvalue weighted by Gasteiger charge is -2.09. The molecule has 0 spiro atoms. The topological polar surface area (TPSA) is 85.9 Å². The van der Waals surface area contributed by atoms with Crippen LogP contribution in [0.3, 0.4) is 0 Å². The zero-order valence-corrected chi connectivity index (χ0v) is 16.1. The fourth-order valence-corrected chi connectivity index (χ4v) is 2.75. The molecule has 0 unspecified atom stereocenters. The highest BCUT2D eigenvalue weighted by Crippen LogP contribution is 2.27. The highest BCUT2D eigenvalue weighted by Gasteiger charge is 2.12. The number of hydrogen-bond donors (Lipinski definition) is 1. The van der Waals surface area contributed by atoms with Crippen LogP contribution in [0, 0.1) is 29.6 Å². The summed E-state index contributed by atoms with van der Waals surface area (Å²) in [5.74, 6) is -0.0278. The molecule has 130 valence electrons. The van der Waals surface area contributed by atoms with Crippen molar-refractivity contribution in [3.63, 3.8) is 0 Å². The SMILES string of the molecule is Cc1ccc(Cl)cc1NC(=O)/C(C#N)=C/c1ccc(OCC#N)c(Br)c1. The second kappa shape index (κ2) is 9.05. The summed E-state index contributed by atoms with van der Waals surface area (Å²) < 4.78 is 5.85. The van der Waals surface area contributed by atoms with Gasteiger partial charge in [-0.3, -0.25) is 4.79 Å². The molecule has 0 saturated carbocycles. The van der Waals surface area contributed by atoms with Gasteiger partial charge < -0.3 is 10.1 Å². The van der Waals surface area contributed by atoms with Gasteiger partial charge in [-0.1, -0.05) is 23.7 Å². The van der Waals surface area contributed by atoms with E-state index in [0.717, 1.165) is 5.56 Å². The summed E-state index contributed by atoms with van der Waals surface area (Å²) >= 11 is 9.28. The lowest BCUT2D eigenvalue weighted by molar-refractivity contribution is -0.112. The lowest BCUT2D eigenvalue weighted by atomic mass is 10.1. The number of halogens is 2. The van der Waals surface area contributed by atoms with Crippen molar-refractivity contribution in [3.05, 3.63) is 62.6 Å². The number of hydrogen-bond acceptors (Lipinski definition) is 4. The molecule has 2 aromatic rings. The Kier molecular flexibility index (Phi) is 6.80. The van der Waals surface area contributed by atoms with Crippen molar-refractivity contribution < 1.29 is 9.53 Å². The van der Waals surface area contributed by atoms with Crippen molar-refractivity contribution in [1.29, 1.82) is 10.5 Å². The Bertz CT molecular complexity index is 958. The van der Waals surface area contributed by atoms with Crippen LogP contribution in [0.25, 0.3) is 6.08 Å². The summed E-state index contributed by atoms with van der Waals surface area (Å²) in [5.41, 5.74) is 1.96. The van der Waals surface area contributed by atoms with E-state index >= 15 is 0 Å². The molecule has 2 rings (SSSR count). The average Bonchev–Trinajstić information content (AvgIpc) is 2.62. The average molecular weight is 431 g/mol. The quantitative estimate of drug-likeness (QED) is 0.542. The lowest BCUT2D eigenvalue weighted by Crippen LogP contribution is -2.14. The Balaban J connectivity index is 2.23. The van der Waals surface area contributed by atoms with E-state index in [2.05, 4.69) is 21.2 Å². The van der Waals surface area contributed by atoms with E-state index < -0.39 is 5.91 Å². The standard InChI is InChI=1S/C19H13BrClN3O2/c1-12-2-4-15(21)10-17(12)24-19(25)14(11-23)8-13-3-5-18(16(20)9-13)26-7-6-22/h2-5,8-10H,7H2,1H3,(H,24,25)/b14-8+. The number of carbonyl (C=O) groups is 1. The van der Waals surface area contributed by atoms with Crippen LogP contribution in [0.15, 0.2) is 46.4 Å². The first kappa shape index (κ1) is 19.5. The number of benzene rings is 2. The fourth-order valence-electron chi connectivity index (χ4n) is 2.07. The normalized spacial score (nSPS) is 10.6. The molecule has 1 amide bonds. The van der Waals surface area contributed by atoms with Crippen molar-refractivity contribution in [2.24, 2.45) is 0 Å². The Morgan fingerprint density at radius 2 is 2.08 bits per heavy atom. The Labute approximate surface area is 164 Å². The van der Waals surface area contributed by atoms with Crippen molar-refractivity contribution in [2.45, 2.75) is 6.92 Å². The minimum Gasteiger partial charge on any atom is -0.478 e. The molecule has 0 aliphatic rings. The second-order valence-electron chi connectivity index (χ2n) is 5.22. The molecular formula is C19H13BrClN3O2. The van der Waals surface area contributed by atoms with E-state index in [0.29, 0.717) is 26.5 Å².